The molecule has 1 aromatic rings. The SMILES string of the molecule is CCOC(=O)[C@](C)(C(=O)O)[C@@H]1CCc2cc(OC)ccc2C1. The number of hydrogen-bond donors (Lipinski definition) is 1. The quantitative estimate of drug-likeness (QED) is 0.668. The lowest BCUT2D eigenvalue weighted by molar-refractivity contribution is -0.172. The lowest BCUT2D eigenvalue weighted by atomic mass is 9.68. The maximum absolute atomic E-state index is 12.2. The van der Waals surface area contributed by atoms with E-state index in [0.717, 1.165) is 23.3 Å². The van der Waals surface area contributed by atoms with Gasteiger partial charge < -0.3 is 14.6 Å². The minimum absolute atomic E-state index is 0.183. The molecule has 0 bridgehead atoms. The Morgan fingerprint density at radius 1 is 1.36 bits per heavy atom. The van der Waals surface area contributed by atoms with E-state index in [9.17, 15) is 14.7 Å². The van der Waals surface area contributed by atoms with Gasteiger partial charge in [0.2, 0.25) is 0 Å². The number of methoxy groups -OCH3 is 1. The normalized spacial score (nSPS) is 19.7. The van der Waals surface area contributed by atoms with E-state index in [1.54, 1.807) is 14.0 Å². The van der Waals surface area contributed by atoms with E-state index in [-0.39, 0.29) is 12.5 Å². The number of carboxylic acid groups (broad SMARTS) is 1. The highest BCUT2D eigenvalue weighted by Gasteiger charge is 2.50. The number of carboxylic acids is 1. The van der Waals surface area contributed by atoms with Crippen LogP contribution in [0.1, 0.15) is 31.4 Å². The highest BCUT2D eigenvalue weighted by molar-refractivity contribution is 5.99. The molecule has 0 fully saturated rings. The molecule has 0 aromatic heterocycles. The first kappa shape index (κ1) is 16.3. The highest BCUT2D eigenvalue weighted by atomic mass is 16.5. The van der Waals surface area contributed by atoms with Crippen LogP contribution in [0.5, 0.6) is 5.75 Å². The molecule has 1 aromatic carbocycles. The predicted octanol–water partition coefficient (Wildman–Crippen LogP) is 2.45. The van der Waals surface area contributed by atoms with Crippen LogP contribution in [0.3, 0.4) is 0 Å². The third-order valence-corrected chi connectivity index (χ3v) is 4.60. The fourth-order valence-corrected chi connectivity index (χ4v) is 3.06. The van der Waals surface area contributed by atoms with E-state index in [1.807, 2.05) is 18.2 Å². The van der Waals surface area contributed by atoms with Gasteiger partial charge in [-0.15, -0.1) is 0 Å². The summed E-state index contributed by atoms with van der Waals surface area (Å²) >= 11 is 0. The molecule has 1 aliphatic rings. The minimum atomic E-state index is -1.51. The van der Waals surface area contributed by atoms with Crippen molar-refractivity contribution in [2.45, 2.75) is 33.1 Å². The number of fused-ring (bicyclic) bond motifs is 1. The molecule has 5 heteroatoms. The van der Waals surface area contributed by atoms with Gasteiger partial charge in [-0.2, -0.15) is 0 Å². The highest BCUT2D eigenvalue weighted by Crippen LogP contribution is 2.40. The van der Waals surface area contributed by atoms with Crippen molar-refractivity contribution in [3.05, 3.63) is 29.3 Å². The van der Waals surface area contributed by atoms with Crippen LogP contribution >= 0.6 is 0 Å². The van der Waals surface area contributed by atoms with E-state index in [0.29, 0.717) is 12.8 Å². The molecule has 0 saturated carbocycles. The van der Waals surface area contributed by atoms with Crippen molar-refractivity contribution < 1.29 is 24.2 Å². The zero-order chi connectivity index (χ0) is 16.3. The number of carbonyl (C=O) groups excluding carboxylic acids is 1. The molecule has 22 heavy (non-hydrogen) atoms. The maximum atomic E-state index is 12.2. The van der Waals surface area contributed by atoms with Gasteiger partial charge in [-0.25, -0.2) is 0 Å². The molecule has 0 heterocycles. The third-order valence-electron chi connectivity index (χ3n) is 4.60. The Kier molecular flexibility index (Phi) is 4.74. The molecule has 5 nitrogen and oxygen atoms in total. The fraction of sp³-hybridized carbons (Fsp3) is 0.529. The largest absolute Gasteiger partial charge is 0.497 e. The van der Waals surface area contributed by atoms with Gasteiger partial charge in [0.05, 0.1) is 13.7 Å². The molecule has 0 spiro atoms. The summed E-state index contributed by atoms with van der Waals surface area (Å²) in [5.74, 6) is -1.24. The molecular formula is C17H22O5. The minimum Gasteiger partial charge on any atom is -0.497 e. The Labute approximate surface area is 130 Å². The lowest BCUT2D eigenvalue weighted by Gasteiger charge is -2.35. The molecule has 0 amide bonds. The van der Waals surface area contributed by atoms with Crippen LogP contribution in [0.25, 0.3) is 0 Å². The molecule has 120 valence electrons. The smallest absolute Gasteiger partial charge is 0.323 e. The number of ether oxygens (including phenoxy) is 2. The Bertz CT molecular complexity index is 580. The van der Waals surface area contributed by atoms with Crippen LogP contribution in [-0.4, -0.2) is 30.8 Å². The van der Waals surface area contributed by atoms with Crippen LogP contribution in [0, 0.1) is 11.3 Å². The summed E-state index contributed by atoms with van der Waals surface area (Å²) in [5.41, 5.74) is 0.731. The lowest BCUT2D eigenvalue weighted by Crippen LogP contribution is -2.46. The van der Waals surface area contributed by atoms with Crippen molar-refractivity contribution >= 4 is 11.9 Å². The second-order valence-electron chi connectivity index (χ2n) is 5.80. The van der Waals surface area contributed by atoms with Gasteiger partial charge in [-0.05, 0) is 62.3 Å². The number of aliphatic carboxylic acids is 1. The van der Waals surface area contributed by atoms with Crippen molar-refractivity contribution in [2.75, 3.05) is 13.7 Å². The Morgan fingerprint density at radius 3 is 2.68 bits per heavy atom. The second kappa shape index (κ2) is 6.38. The molecule has 0 aliphatic heterocycles. The summed E-state index contributed by atoms with van der Waals surface area (Å²) < 4.78 is 10.2. The summed E-state index contributed by atoms with van der Waals surface area (Å²) in [6, 6.07) is 5.80. The molecular weight excluding hydrogens is 284 g/mol. The molecule has 2 atom stereocenters. The van der Waals surface area contributed by atoms with E-state index in [2.05, 4.69) is 0 Å². The number of esters is 1. The number of benzene rings is 1. The molecule has 2 rings (SSSR count). The van der Waals surface area contributed by atoms with Gasteiger partial charge >= 0.3 is 11.9 Å². The average Bonchev–Trinajstić information content (AvgIpc) is 2.52. The summed E-state index contributed by atoms with van der Waals surface area (Å²) in [6.45, 7) is 3.34. The van der Waals surface area contributed by atoms with Gasteiger partial charge in [0.15, 0.2) is 5.41 Å². The third kappa shape index (κ3) is 2.80. The first-order valence-corrected chi connectivity index (χ1v) is 7.49. The van der Waals surface area contributed by atoms with E-state index in [4.69, 9.17) is 9.47 Å². The topological polar surface area (TPSA) is 72.8 Å². The van der Waals surface area contributed by atoms with Crippen molar-refractivity contribution in [1.29, 1.82) is 0 Å². The summed E-state index contributed by atoms with van der Waals surface area (Å²) in [6.07, 6.45) is 1.93. The van der Waals surface area contributed by atoms with Crippen molar-refractivity contribution in [2.24, 2.45) is 11.3 Å². The van der Waals surface area contributed by atoms with E-state index < -0.39 is 17.4 Å². The van der Waals surface area contributed by atoms with E-state index >= 15 is 0 Å². The Balaban J connectivity index is 2.28. The first-order chi connectivity index (χ1) is 10.4. The average molecular weight is 306 g/mol. The zero-order valence-corrected chi connectivity index (χ0v) is 13.2. The molecule has 1 aliphatic carbocycles. The zero-order valence-electron chi connectivity index (χ0n) is 13.2. The maximum Gasteiger partial charge on any atom is 0.323 e. The van der Waals surface area contributed by atoms with Crippen LogP contribution in [0.2, 0.25) is 0 Å². The van der Waals surface area contributed by atoms with Gasteiger partial charge in [0.25, 0.3) is 0 Å². The number of aryl methyl sites for hydroxylation is 1. The summed E-state index contributed by atoms with van der Waals surface area (Å²) in [4.78, 5) is 23.9. The number of rotatable bonds is 5. The van der Waals surface area contributed by atoms with Gasteiger partial charge in [-0.1, -0.05) is 6.07 Å². The van der Waals surface area contributed by atoms with Crippen LogP contribution in [0.4, 0.5) is 0 Å². The van der Waals surface area contributed by atoms with Crippen molar-refractivity contribution in [1.82, 2.24) is 0 Å². The Hall–Kier alpha value is -2.04. The second-order valence-corrected chi connectivity index (χ2v) is 5.80. The molecule has 1 N–H and O–H groups in total. The van der Waals surface area contributed by atoms with Crippen LogP contribution < -0.4 is 4.74 Å². The van der Waals surface area contributed by atoms with Crippen LogP contribution in [0.15, 0.2) is 18.2 Å². The monoisotopic (exact) mass is 306 g/mol. The Morgan fingerprint density at radius 2 is 2.09 bits per heavy atom. The van der Waals surface area contributed by atoms with Crippen LogP contribution in [-0.2, 0) is 27.2 Å². The molecule has 0 unspecified atom stereocenters. The van der Waals surface area contributed by atoms with E-state index in [1.165, 1.54) is 6.92 Å². The van der Waals surface area contributed by atoms with Gasteiger partial charge in [0.1, 0.15) is 5.75 Å². The standard InChI is InChI=1S/C17H22O5/c1-4-22-16(20)17(2,15(18)19)13-7-5-12-10-14(21-3)8-6-11(12)9-13/h6,8,10,13H,4-5,7,9H2,1-3H3,(H,18,19)/t13-,17+/m1/s1. The van der Waals surface area contributed by atoms with Crippen molar-refractivity contribution in [3.8, 4) is 5.75 Å². The number of carbonyl (C=O) groups is 2. The summed E-state index contributed by atoms with van der Waals surface area (Å²) in [7, 11) is 1.62. The van der Waals surface area contributed by atoms with Gasteiger partial charge in [-0.3, -0.25) is 9.59 Å². The van der Waals surface area contributed by atoms with Crippen molar-refractivity contribution in [3.63, 3.8) is 0 Å². The molecule has 0 saturated heterocycles. The number of hydrogen-bond acceptors (Lipinski definition) is 4. The fourth-order valence-electron chi connectivity index (χ4n) is 3.06. The first-order valence-electron chi connectivity index (χ1n) is 7.49. The predicted molar refractivity (Wildman–Crippen MR) is 80.9 cm³/mol. The van der Waals surface area contributed by atoms with Gasteiger partial charge in [0, 0.05) is 0 Å². The molecule has 0 radical (unpaired) electrons. The summed E-state index contributed by atoms with van der Waals surface area (Å²) in [5, 5.41) is 9.59.